The van der Waals surface area contributed by atoms with Gasteiger partial charge in [0.05, 0.1) is 10.2 Å². The van der Waals surface area contributed by atoms with E-state index in [1.54, 1.807) is 0 Å². The van der Waals surface area contributed by atoms with Crippen LogP contribution in [0.1, 0.15) is 0 Å². The van der Waals surface area contributed by atoms with E-state index in [-0.39, 0.29) is 805 Å². The molecule has 0 aliphatic heterocycles. The van der Waals surface area contributed by atoms with Crippen molar-refractivity contribution in [2.45, 2.75) is 0 Å². The first-order chi connectivity index (χ1) is 3.46. The third-order valence-corrected chi connectivity index (χ3v) is 0. The van der Waals surface area contributed by atoms with E-state index in [2.05, 4.69) is 0 Å². The van der Waals surface area contributed by atoms with E-state index >= 15 is 0 Å². The van der Waals surface area contributed by atoms with Crippen molar-refractivity contribution in [3.8, 4) is 0 Å². The largest absolute Gasteiger partial charge is 2.00 e. The number of rotatable bonds is 0. The van der Waals surface area contributed by atoms with Crippen LogP contribution >= 0.6 is 0 Å². The van der Waals surface area contributed by atoms with Gasteiger partial charge in [-0.1, -0.05) is 0 Å². The normalized spacial score (nSPS) is 1.60. The van der Waals surface area contributed by atoms with Gasteiger partial charge in [-0.15, -0.1) is 0 Å². The van der Waals surface area contributed by atoms with Gasteiger partial charge in [-0.3, -0.25) is 0 Å². The zero-order valence-corrected chi connectivity index (χ0v) is 81.3. The van der Waals surface area contributed by atoms with Gasteiger partial charge in [-0.05, 0) is 0 Å². The topological polar surface area (TPSA) is 132 Å². The molecule has 30 heteroatoms. The molecule has 0 unspecified atom stereocenters. The maximum atomic E-state index is 8.25. The molecule has 120 valence electrons. The van der Waals surface area contributed by atoms with Crippen LogP contribution in [0.15, 0.2) is 0 Å². The average molecular weight is 1770 g/mol. The average Bonchev–Trinajstić information content (AvgIpc) is 1.25. The van der Waals surface area contributed by atoms with Gasteiger partial charge in [0, 0.05) is 0 Å². The first-order valence-corrected chi connectivity index (χ1v) is 1.10. The summed E-state index contributed by atoms with van der Waals surface area (Å²) in [4.78, 5) is 16.5. The summed E-state index contributed by atoms with van der Waals surface area (Å²) in [6.45, 7) is 0. The minimum Gasteiger partial charge on any atom is -1.00 e. The zero-order chi connectivity index (χ0) is 7.15. The maximum absolute atomic E-state index is 8.25. The maximum Gasteiger partial charge on any atom is 2.00 e. The molecular weight excluding hydrogens is 1770 g/mol. The first-order valence-electron chi connectivity index (χ1n) is 1.10. The van der Waals surface area contributed by atoms with Crippen molar-refractivity contribution >= 4 is 249 Å². The molecule has 0 aliphatic rings. The fraction of sp³-hybridized carbons (Fsp3) is 0. The predicted octanol–water partition coefficient (Wildman–Crippen LogP) is -50.7. The standard InChI is InChI=1S/2Ba.BrH.4Ca.4ClH.3Cs.2FH.2HI.K.2NO3.3Rb/c;;;;;;;;;;;;;;;;;;;2*2-1(3)4;;;/h;;1H;;;;;4*1H;;;;4*1H;;;;;;/q2*+2;;4*+2;;;;;3*+1;;;;;+1;2*-1;3*+1/p-9. The minimum absolute atomic E-state index is 0. The number of halogens is 9. The number of hydrogen-bond acceptors (Lipinski definition) is 6. The van der Waals surface area contributed by atoms with Crippen LogP contribution in [0, 0.1) is 30.6 Å². The Hall–Kier alpha value is 22.7. The van der Waals surface area contributed by atoms with Crippen molar-refractivity contribution in [2.75, 3.05) is 0 Å². The Morgan fingerprint density at radius 3 is 0.500 bits per heavy atom. The molecule has 0 spiro atoms. The third kappa shape index (κ3) is 243. The molecule has 0 N–H and O–H groups in total. The Morgan fingerprint density at radius 2 is 0.500 bits per heavy atom. The zero-order valence-electron chi connectivity index (χ0n) is 18.0. The van der Waals surface area contributed by atoms with Crippen LogP contribution in [-0.2, 0) is 0 Å². The summed E-state index contributed by atoms with van der Waals surface area (Å²) < 4.78 is 0. The molecule has 0 aromatic rings. The van der Waals surface area contributed by atoms with Gasteiger partial charge in [0.2, 0.25) is 0 Å². The van der Waals surface area contributed by atoms with Crippen molar-refractivity contribution < 1.29 is 567 Å². The molecule has 30 heavy (non-hydrogen) atoms. The molecule has 8 nitrogen and oxygen atoms in total. The summed E-state index contributed by atoms with van der Waals surface area (Å²) in [7, 11) is 0. The van der Waals surface area contributed by atoms with Crippen LogP contribution in [0.2, 0.25) is 0 Å². The summed E-state index contributed by atoms with van der Waals surface area (Å²) in [6, 6.07) is 0. The van der Waals surface area contributed by atoms with Crippen LogP contribution in [0.3, 0.4) is 0 Å². The van der Waals surface area contributed by atoms with E-state index in [1.165, 1.54) is 0 Å². The van der Waals surface area contributed by atoms with Crippen molar-refractivity contribution in [1.29, 1.82) is 0 Å². The fourth-order valence-corrected chi connectivity index (χ4v) is 0. The SMILES string of the molecule is O=[N+]([O-])[O-].O=[N+]([O-])[O-].[Ba+2].[Ba+2].[Br-].[Ca+2].[Ca+2].[Ca+2].[Ca+2].[Cl-].[Cl-].[Cl-].[Cl-].[Cs+].[Cs+].[Cs+].[F-].[F-].[I-].[I-].[K+].[Rb+].[Rb+].[Rb+]. The number of hydrogen-bond donors (Lipinski definition) is 0. The van der Waals surface area contributed by atoms with Gasteiger partial charge in [0.25, 0.3) is 0 Å². The summed E-state index contributed by atoms with van der Waals surface area (Å²) >= 11 is 0. The Bertz CT molecular complexity index is 156. The second-order valence-electron chi connectivity index (χ2n) is 0.447. The van der Waals surface area contributed by atoms with E-state index in [4.69, 9.17) is 30.6 Å². The van der Waals surface area contributed by atoms with E-state index < -0.39 is 10.2 Å². The van der Waals surface area contributed by atoms with Gasteiger partial charge in [-0.25, -0.2) is 0 Å². The van der Waals surface area contributed by atoms with Gasteiger partial charge in [0.1, 0.15) is 0 Å². The Balaban J connectivity index is -0.000000000629. The van der Waals surface area contributed by atoms with E-state index in [1.807, 2.05) is 0 Å². The first kappa shape index (κ1) is 171. The van der Waals surface area contributed by atoms with Gasteiger partial charge in [0.15, 0.2) is 0 Å². The van der Waals surface area contributed by atoms with E-state index in [0.29, 0.717) is 0 Å². The van der Waals surface area contributed by atoms with Gasteiger partial charge < -0.3 is 155 Å². The smallest absolute Gasteiger partial charge is 1.00 e. The van der Waals surface area contributed by atoms with Crippen LogP contribution in [0.25, 0.3) is 0 Å². The second-order valence-corrected chi connectivity index (χ2v) is 0.447. The summed E-state index contributed by atoms with van der Waals surface area (Å²) in [5.41, 5.74) is 0. The number of nitrogens with zero attached hydrogens (tertiary/aromatic N) is 2. The van der Waals surface area contributed by atoms with Crippen molar-refractivity contribution in [3.63, 3.8) is 0 Å². The van der Waals surface area contributed by atoms with Gasteiger partial charge in [-0.2, -0.15) is 0 Å². The van der Waals surface area contributed by atoms with E-state index in [9.17, 15) is 0 Å². The monoisotopic (exact) mass is 1760 g/mol. The molecule has 0 saturated heterocycles. The van der Waals surface area contributed by atoms with Crippen LogP contribution in [0.4, 0.5) is 0 Å². The molecule has 0 saturated carbocycles. The predicted molar refractivity (Wildman–Crippen MR) is 55.2 cm³/mol. The quantitative estimate of drug-likeness (QED) is 0.103. The molecule has 0 bridgehead atoms. The third-order valence-electron chi connectivity index (χ3n) is 0. The minimum atomic E-state index is -1.75. The Labute approximate surface area is 811 Å². The van der Waals surface area contributed by atoms with Crippen LogP contribution < -0.4 is 557 Å². The molecule has 0 aromatic heterocycles. The van der Waals surface area contributed by atoms with Crippen molar-refractivity contribution in [1.82, 2.24) is 0 Å². The van der Waals surface area contributed by atoms with Crippen molar-refractivity contribution in [2.24, 2.45) is 0 Å². The molecule has 0 aromatic carbocycles. The summed E-state index contributed by atoms with van der Waals surface area (Å²) in [6.07, 6.45) is 0. The Kier molecular flexibility index (Phi) is 919. The molecular formula is Ba2BrCa4Cl4Cs3F2I2KN2O6Rb3+8. The van der Waals surface area contributed by atoms with Crippen LogP contribution in [0.5, 0.6) is 0 Å². The molecule has 0 atom stereocenters. The molecule has 0 heterocycles. The molecule has 0 aliphatic carbocycles. The van der Waals surface area contributed by atoms with Crippen LogP contribution in [-0.4, -0.2) is 259 Å². The fourth-order valence-electron chi connectivity index (χ4n) is 0. The molecule has 0 amide bonds. The molecule has 0 fully saturated rings. The van der Waals surface area contributed by atoms with Crippen molar-refractivity contribution in [3.05, 3.63) is 30.6 Å². The summed E-state index contributed by atoms with van der Waals surface area (Å²) in [5.74, 6) is 0. The second kappa shape index (κ2) is 161. The molecule has 0 rings (SSSR count). The van der Waals surface area contributed by atoms with Gasteiger partial charge >= 0.3 is 681 Å². The summed E-state index contributed by atoms with van der Waals surface area (Å²) in [5, 5.41) is 29.5. The van der Waals surface area contributed by atoms with E-state index in [0.717, 1.165) is 0 Å². The molecule has 0 radical (unpaired) electrons. The Morgan fingerprint density at radius 1 is 0.500 bits per heavy atom.